The van der Waals surface area contributed by atoms with Gasteiger partial charge in [-0.1, -0.05) is 12.1 Å². The SMILES string of the molecule is CCNC(=NCc1c(C)nn(C)c1C)NCCc1ccc(OC(F)(F)F)cc1. The van der Waals surface area contributed by atoms with Crippen LogP contribution in [0.15, 0.2) is 29.3 Å². The van der Waals surface area contributed by atoms with Crippen molar-refractivity contribution < 1.29 is 17.9 Å². The van der Waals surface area contributed by atoms with Crippen molar-refractivity contribution >= 4 is 5.96 Å². The summed E-state index contributed by atoms with van der Waals surface area (Å²) in [6.07, 6.45) is -4.03. The van der Waals surface area contributed by atoms with Crippen molar-refractivity contribution in [3.63, 3.8) is 0 Å². The molecule has 28 heavy (non-hydrogen) atoms. The molecule has 0 radical (unpaired) electrons. The molecule has 0 aliphatic rings. The van der Waals surface area contributed by atoms with Gasteiger partial charge in [-0.15, -0.1) is 13.2 Å². The van der Waals surface area contributed by atoms with Gasteiger partial charge in [0.2, 0.25) is 0 Å². The van der Waals surface area contributed by atoms with E-state index in [1.165, 1.54) is 12.1 Å². The zero-order valence-corrected chi connectivity index (χ0v) is 16.5. The van der Waals surface area contributed by atoms with E-state index in [0.717, 1.165) is 29.1 Å². The predicted octanol–water partition coefficient (Wildman–Crippen LogP) is 3.23. The minimum absolute atomic E-state index is 0.221. The summed E-state index contributed by atoms with van der Waals surface area (Å²) >= 11 is 0. The zero-order valence-electron chi connectivity index (χ0n) is 16.5. The Labute approximate surface area is 162 Å². The molecule has 0 aliphatic heterocycles. The molecule has 0 aliphatic carbocycles. The van der Waals surface area contributed by atoms with Crippen LogP contribution in [0.4, 0.5) is 13.2 Å². The van der Waals surface area contributed by atoms with Gasteiger partial charge in [0.25, 0.3) is 0 Å². The summed E-state index contributed by atoms with van der Waals surface area (Å²) in [5.41, 5.74) is 4.04. The molecule has 154 valence electrons. The molecule has 0 amide bonds. The van der Waals surface area contributed by atoms with Crippen LogP contribution in [0.25, 0.3) is 0 Å². The topological polar surface area (TPSA) is 63.5 Å². The van der Waals surface area contributed by atoms with Crippen LogP contribution in [-0.4, -0.2) is 35.2 Å². The number of halogens is 3. The Morgan fingerprint density at radius 2 is 1.86 bits per heavy atom. The number of ether oxygens (including phenoxy) is 1. The number of hydrogen-bond acceptors (Lipinski definition) is 3. The summed E-state index contributed by atoms with van der Waals surface area (Å²) in [5, 5.41) is 10.8. The zero-order chi connectivity index (χ0) is 20.7. The summed E-state index contributed by atoms with van der Waals surface area (Å²) in [5.74, 6) is 0.462. The molecule has 1 aromatic heterocycles. The van der Waals surface area contributed by atoms with E-state index in [4.69, 9.17) is 0 Å². The van der Waals surface area contributed by atoms with Crippen molar-refractivity contribution in [3.8, 4) is 5.75 Å². The lowest BCUT2D eigenvalue weighted by Gasteiger charge is -2.12. The third-order valence-electron chi connectivity index (χ3n) is 4.26. The molecule has 0 bridgehead atoms. The van der Waals surface area contributed by atoms with Crippen LogP contribution in [0.3, 0.4) is 0 Å². The molecule has 0 spiro atoms. The summed E-state index contributed by atoms with van der Waals surface area (Å²) < 4.78 is 42.3. The van der Waals surface area contributed by atoms with Gasteiger partial charge in [0.1, 0.15) is 5.75 Å². The number of aryl methyl sites for hydroxylation is 2. The molecule has 1 heterocycles. The number of benzene rings is 1. The van der Waals surface area contributed by atoms with Gasteiger partial charge >= 0.3 is 6.36 Å². The average Bonchev–Trinajstić information content (AvgIpc) is 2.85. The maximum Gasteiger partial charge on any atom is 0.573 e. The highest BCUT2D eigenvalue weighted by atomic mass is 19.4. The quantitative estimate of drug-likeness (QED) is 0.556. The van der Waals surface area contributed by atoms with E-state index >= 15 is 0 Å². The number of nitrogens with one attached hydrogen (secondary N) is 2. The smallest absolute Gasteiger partial charge is 0.406 e. The minimum Gasteiger partial charge on any atom is -0.406 e. The fourth-order valence-corrected chi connectivity index (χ4v) is 2.73. The van der Waals surface area contributed by atoms with E-state index in [1.54, 1.807) is 12.1 Å². The summed E-state index contributed by atoms with van der Waals surface area (Å²) in [7, 11) is 1.91. The normalized spacial score (nSPS) is 12.2. The summed E-state index contributed by atoms with van der Waals surface area (Å²) in [4.78, 5) is 4.60. The Kier molecular flexibility index (Phi) is 7.31. The van der Waals surface area contributed by atoms with E-state index in [2.05, 4.69) is 25.5 Å². The van der Waals surface area contributed by atoms with Crippen LogP contribution in [-0.2, 0) is 20.0 Å². The Morgan fingerprint density at radius 1 is 1.18 bits per heavy atom. The fourth-order valence-electron chi connectivity index (χ4n) is 2.73. The Morgan fingerprint density at radius 3 is 2.39 bits per heavy atom. The second kappa shape index (κ2) is 9.48. The number of rotatable bonds is 7. The van der Waals surface area contributed by atoms with Crippen molar-refractivity contribution in [2.24, 2.45) is 12.0 Å². The van der Waals surface area contributed by atoms with Crippen LogP contribution < -0.4 is 15.4 Å². The second-order valence-corrected chi connectivity index (χ2v) is 6.34. The van der Waals surface area contributed by atoms with Crippen LogP contribution in [0.2, 0.25) is 0 Å². The molecule has 0 fully saturated rings. The van der Waals surface area contributed by atoms with Gasteiger partial charge in [-0.3, -0.25) is 4.68 Å². The molecule has 0 saturated heterocycles. The maximum absolute atomic E-state index is 12.2. The van der Waals surface area contributed by atoms with Crippen molar-refractivity contribution in [1.29, 1.82) is 0 Å². The lowest BCUT2D eigenvalue weighted by molar-refractivity contribution is -0.274. The first-order chi connectivity index (χ1) is 13.2. The molecule has 2 rings (SSSR count). The van der Waals surface area contributed by atoms with Gasteiger partial charge in [-0.25, -0.2) is 4.99 Å². The summed E-state index contributed by atoms with van der Waals surface area (Å²) in [6, 6.07) is 5.87. The van der Waals surface area contributed by atoms with Crippen molar-refractivity contribution in [2.45, 2.75) is 40.1 Å². The first kappa shape index (κ1) is 21.6. The van der Waals surface area contributed by atoms with Crippen molar-refractivity contribution in [3.05, 3.63) is 46.8 Å². The lowest BCUT2D eigenvalue weighted by Crippen LogP contribution is -2.38. The van der Waals surface area contributed by atoms with Gasteiger partial charge in [-0.05, 0) is 44.9 Å². The number of nitrogens with zero attached hydrogens (tertiary/aromatic N) is 3. The first-order valence-electron chi connectivity index (χ1n) is 9.05. The number of guanidine groups is 1. The highest BCUT2D eigenvalue weighted by Gasteiger charge is 2.30. The van der Waals surface area contributed by atoms with Crippen molar-refractivity contribution in [1.82, 2.24) is 20.4 Å². The Balaban J connectivity index is 1.90. The van der Waals surface area contributed by atoms with Crippen LogP contribution in [0.5, 0.6) is 5.75 Å². The summed E-state index contributed by atoms with van der Waals surface area (Å²) in [6.45, 7) is 7.79. The van der Waals surface area contributed by atoms with Crippen LogP contribution in [0.1, 0.15) is 29.4 Å². The van der Waals surface area contributed by atoms with Crippen LogP contribution in [0, 0.1) is 13.8 Å². The number of aromatic nitrogens is 2. The van der Waals surface area contributed by atoms with E-state index in [0.29, 0.717) is 25.5 Å². The molecule has 0 unspecified atom stereocenters. The molecule has 0 saturated carbocycles. The molecular weight excluding hydrogens is 371 g/mol. The largest absolute Gasteiger partial charge is 0.573 e. The van der Waals surface area contributed by atoms with E-state index in [9.17, 15) is 13.2 Å². The van der Waals surface area contributed by atoms with Crippen LogP contribution >= 0.6 is 0 Å². The van der Waals surface area contributed by atoms with Gasteiger partial charge in [-0.2, -0.15) is 5.10 Å². The standard InChI is InChI=1S/C19H26F3N5O/c1-5-23-18(25-12-17-13(2)26-27(4)14(17)3)24-11-10-15-6-8-16(9-7-15)28-19(20,21)22/h6-9H,5,10-12H2,1-4H3,(H2,23,24,25). The van der Waals surface area contributed by atoms with Gasteiger partial charge in [0.05, 0.1) is 12.2 Å². The predicted molar refractivity (Wildman–Crippen MR) is 102 cm³/mol. The highest BCUT2D eigenvalue weighted by Crippen LogP contribution is 2.22. The molecule has 1 aromatic carbocycles. The minimum atomic E-state index is -4.68. The fraction of sp³-hybridized carbons (Fsp3) is 0.474. The Bertz CT molecular complexity index is 797. The van der Waals surface area contributed by atoms with Gasteiger partial charge in [0.15, 0.2) is 5.96 Å². The number of hydrogen-bond donors (Lipinski definition) is 2. The Hall–Kier alpha value is -2.71. The maximum atomic E-state index is 12.2. The van der Waals surface area contributed by atoms with Gasteiger partial charge < -0.3 is 15.4 Å². The average molecular weight is 397 g/mol. The monoisotopic (exact) mass is 397 g/mol. The second-order valence-electron chi connectivity index (χ2n) is 6.34. The molecular formula is C19H26F3N5O. The molecule has 9 heteroatoms. The number of alkyl halides is 3. The van der Waals surface area contributed by atoms with E-state index in [-0.39, 0.29) is 5.75 Å². The molecule has 6 nitrogen and oxygen atoms in total. The van der Waals surface area contributed by atoms with E-state index in [1.807, 2.05) is 32.5 Å². The lowest BCUT2D eigenvalue weighted by atomic mass is 10.1. The van der Waals surface area contributed by atoms with Crippen molar-refractivity contribution in [2.75, 3.05) is 13.1 Å². The molecule has 0 atom stereocenters. The number of aliphatic imine (C=N–C) groups is 1. The molecule has 2 N–H and O–H groups in total. The van der Waals surface area contributed by atoms with Gasteiger partial charge in [0, 0.05) is 31.4 Å². The van der Waals surface area contributed by atoms with E-state index < -0.39 is 6.36 Å². The first-order valence-corrected chi connectivity index (χ1v) is 9.05. The molecule has 2 aromatic rings. The highest BCUT2D eigenvalue weighted by molar-refractivity contribution is 5.79. The third-order valence-corrected chi connectivity index (χ3v) is 4.26. The third kappa shape index (κ3) is 6.47.